The second-order valence-corrected chi connectivity index (χ2v) is 6.49. The van der Waals surface area contributed by atoms with Gasteiger partial charge in [0.05, 0.1) is 12.7 Å². The third kappa shape index (κ3) is 7.07. The summed E-state index contributed by atoms with van der Waals surface area (Å²) in [5.41, 5.74) is 0. The Bertz CT molecular complexity index is 263. The summed E-state index contributed by atoms with van der Waals surface area (Å²) in [7, 11) is 0. The van der Waals surface area contributed by atoms with Crippen LogP contribution in [-0.4, -0.2) is 43.0 Å². The van der Waals surface area contributed by atoms with E-state index in [1.807, 2.05) is 13.8 Å². The van der Waals surface area contributed by atoms with Crippen LogP contribution in [-0.2, 0) is 9.53 Å². The first kappa shape index (κ1) is 16.6. The van der Waals surface area contributed by atoms with Gasteiger partial charge in [-0.3, -0.25) is 9.69 Å². The molecule has 0 amide bonds. The molecule has 0 aromatic rings. The fourth-order valence-electron chi connectivity index (χ4n) is 2.47. The summed E-state index contributed by atoms with van der Waals surface area (Å²) >= 11 is 0. The molecule has 0 spiro atoms. The van der Waals surface area contributed by atoms with Gasteiger partial charge in [-0.15, -0.1) is 0 Å². The monoisotopic (exact) mass is 269 g/mol. The van der Waals surface area contributed by atoms with Crippen LogP contribution in [0.5, 0.6) is 0 Å². The van der Waals surface area contributed by atoms with Gasteiger partial charge in [0.15, 0.2) is 0 Å². The molecular weight excluding hydrogens is 238 g/mol. The molecule has 0 aromatic heterocycles. The summed E-state index contributed by atoms with van der Waals surface area (Å²) in [6.45, 7) is 12.6. The van der Waals surface area contributed by atoms with Crippen molar-refractivity contribution in [1.29, 1.82) is 0 Å². The molecule has 1 atom stereocenters. The highest BCUT2D eigenvalue weighted by atomic mass is 16.5. The largest absolute Gasteiger partial charge is 0.376 e. The van der Waals surface area contributed by atoms with Crippen molar-refractivity contribution >= 4 is 5.78 Å². The van der Waals surface area contributed by atoms with Gasteiger partial charge in [0, 0.05) is 25.4 Å². The van der Waals surface area contributed by atoms with Crippen LogP contribution >= 0.6 is 0 Å². The molecular formula is C16H31NO2. The van der Waals surface area contributed by atoms with Gasteiger partial charge in [-0.25, -0.2) is 0 Å². The fourth-order valence-corrected chi connectivity index (χ4v) is 2.47. The van der Waals surface area contributed by atoms with Crippen LogP contribution in [0.25, 0.3) is 0 Å². The van der Waals surface area contributed by atoms with Gasteiger partial charge in [0.25, 0.3) is 0 Å². The molecule has 0 radical (unpaired) electrons. The molecule has 1 saturated heterocycles. The Kier molecular flexibility index (Phi) is 7.62. The Labute approximate surface area is 118 Å². The van der Waals surface area contributed by atoms with Crippen molar-refractivity contribution in [2.24, 2.45) is 11.8 Å². The van der Waals surface area contributed by atoms with Crippen molar-refractivity contribution < 1.29 is 9.53 Å². The molecule has 0 aliphatic carbocycles. The first-order valence-corrected chi connectivity index (χ1v) is 7.85. The fraction of sp³-hybridized carbons (Fsp3) is 0.938. The molecule has 112 valence electrons. The van der Waals surface area contributed by atoms with Gasteiger partial charge in [-0.05, 0) is 31.7 Å². The number of Topliss-reactive ketones (excluding diaryl/α,β-unsaturated/α-hetero) is 1. The summed E-state index contributed by atoms with van der Waals surface area (Å²) in [5, 5.41) is 0. The average molecular weight is 269 g/mol. The Morgan fingerprint density at radius 2 is 2.05 bits per heavy atom. The number of hydrogen-bond donors (Lipinski definition) is 0. The number of carbonyl (C=O) groups is 1. The molecule has 3 heteroatoms. The molecule has 1 aliphatic heterocycles. The zero-order valence-electron chi connectivity index (χ0n) is 13.2. The maximum absolute atomic E-state index is 11.6. The van der Waals surface area contributed by atoms with Crippen LogP contribution in [0.4, 0.5) is 0 Å². The van der Waals surface area contributed by atoms with E-state index in [0.717, 1.165) is 32.0 Å². The van der Waals surface area contributed by atoms with Crippen LogP contribution in [0.1, 0.15) is 53.4 Å². The molecule has 1 aliphatic rings. The van der Waals surface area contributed by atoms with E-state index in [4.69, 9.17) is 4.74 Å². The minimum atomic E-state index is 0.158. The third-order valence-electron chi connectivity index (χ3n) is 3.84. The Morgan fingerprint density at radius 3 is 2.68 bits per heavy atom. The highest BCUT2D eigenvalue weighted by Gasteiger charge is 2.21. The molecule has 0 saturated carbocycles. The molecule has 19 heavy (non-hydrogen) atoms. The first-order chi connectivity index (χ1) is 8.99. The van der Waals surface area contributed by atoms with E-state index in [1.165, 1.54) is 19.4 Å². The lowest BCUT2D eigenvalue weighted by Gasteiger charge is -2.33. The lowest BCUT2D eigenvalue weighted by Crippen LogP contribution is -2.43. The average Bonchev–Trinajstić information content (AvgIpc) is 2.36. The Balaban J connectivity index is 2.20. The third-order valence-corrected chi connectivity index (χ3v) is 3.84. The van der Waals surface area contributed by atoms with Crippen molar-refractivity contribution in [2.45, 2.75) is 59.5 Å². The normalized spacial score (nSPS) is 21.3. The minimum Gasteiger partial charge on any atom is -0.376 e. The SMILES string of the molecule is CC(C)CCCN1CCO[C@@H](CCC(=O)C(C)C)C1. The van der Waals surface area contributed by atoms with Gasteiger partial charge in [-0.2, -0.15) is 0 Å². The quantitative estimate of drug-likeness (QED) is 0.678. The van der Waals surface area contributed by atoms with Crippen molar-refractivity contribution in [2.75, 3.05) is 26.2 Å². The van der Waals surface area contributed by atoms with Crippen molar-refractivity contribution in [3.05, 3.63) is 0 Å². The zero-order valence-corrected chi connectivity index (χ0v) is 13.2. The standard InChI is InChI=1S/C16H31NO2/c1-13(2)6-5-9-17-10-11-19-15(12-17)7-8-16(18)14(3)4/h13-15H,5-12H2,1-4H3/t15-/m0/s1. The highest BCUT2D eigenvalue weighted by Crippen LogP contribution is 2.14. The summed E-state index contributed by atoms with van der Waals surface area (Å²) in [6.07, 6.45) is 4.39. The van der Waals surface area contributed by atoms with E-state index in [0.29, 0.717) is 12.2 Å². The van der Waals surface area contributed by atoms with E-state index in [2.05, 4.69) is 18.7 Å². The van der Waals surface area contributed by atoms with Crippen LogP contribution in [0.3, 0.4) is 0 Å². The number of nitrogens with zero attached hydrogens (tertiary/aromatic N) is 1. The van der Waals surface area contributed by atoms with Crippen LogP contribution in [0, 0.1) is 11.8 Å². The number of morpholine rings is 1. The first-order valence-electron chi connectivity index (χ1n) is 7.85. The molecule has 1 heterocycles. The molecule has 0 N–H and O–H groups in total. The van der Waals surface area contributed by atoms with E-state index in [1.54, 1.807) is 0 Å². The van der Waals surface area contributed by atoms with Gasteiger partial charge < -0.3 is 4.74 Å². The Morgan fingerprint density at radius 1 is 1.32 bits per heavy atom. The maximum Gasteiger partial charge on any atom is 0.135 e. The van der Waals surface area contributed by atoms with Crippen molar-refractivity contribution in [3.63, 3.8) is 0 Å². The molecule has 1 fully saturated rings. The maximum atomic E-state index is 11.6. The van der Waals surface area contributed by atoms with Crippen LogP contribution in [0.2, 0.25) is 0 Å². The molecule has 0 unspecified atom stereocenters. The topological polar surface area (TPSA) is 29.5 Å². The number of ether oxygens (including phenoxy) is 1. The van der Waals surface area contributed by atoms with Crippen molar-refractivity contribution in [3.8, 4) is 0 Å². The van der Waals surface area contributed by atoms with E-state index >= 15 is 0 Å². The summed E-state index contributed by atoms with van der Waals surface area (Å²) in [5.74, 6) is 1.31. The predicted molar refractivity (Wildman–Crippen MR) is 79.3 cm³/mol. The smallest absolute Gasteiger partial charge is 0.135 e. The summed E-state index contributed by atoms with van der Waals surface area (Å²) in [4.78, 5) is 14.1. The zero-order chi connectivity index (χ0) is 14.3. The van der Waals surface area contributed by atoms with Crippen LogP contribution < -0.4 is 0 Å². The van der Waals surface area contributed by atoms with E-state index < -0.39 is 0 Å². The number of hydrogen-bond acceptors (Lipinski definition) is 3. The van der Waals surface area contributed by atoms with Crippen molar-refractivity contribution in [1.82, 2.24) is 4.90 Å². The lowest BCUT2D eigenvalue weighted by molar-refractivity contribution is -0.123. The Hall–Kier alpha value is -0.410. The molecule has 0 aromatic carbocycles. The second kappa shape index (κ2) is 8.70. The van der Waals surface area contributed by atoms with Crippen LogP contribution in [0.15, 0.2) is 0 Å². The highest BCUT2D eigenvalue weighted by molar-refractivity contribution is 5.80. The lowest BCUT2D eigenvalue weighted by atomic mass is 10.0. The minimum absolute atomic E-state index is 0.158. The van der Waals surface area contributed by atoms with Gasteiger partial charge >= 0.3 is 0 Å². The predicted octanol–water partition coefficient (Wildman–Crippen LogP) is 3.13. The number of carbonyl (C=O) groups excluding carboxylic acids is 1. The second-order valence-electron chi connectivity index (χ2n) is 6.49. The summed E-state index contributed by atoms with van der Waals surface area (Å²) in [6, 6.07) is 0. The van der Waals surface area contributed by atoms with Gasteiger partial charge in [0.2, 0.25) is 0 Å². The molecule has 1 rings (SSSR count). The van der Waals surface area contributed by atoms with E-state index in [9.17, 15) is 4.79 Å². The molecule has 3 nitrogen and oxygen atoms in total. The van der Waals surface area contributed by atoms with Gasteiger partial charge in [0.1, 0.15) is 5.78 Å². The summed E-state index contributed by atoms with van der Waals surface area (Å²) < 4.78 is 5.77. The number of rotatable bonds is 8. The van der Waals surface area contributed by atoms with Gasteiger partial charge in [-0.1, -0.05) is 27.7 Å². The molecule has 0 bridgehead atoms. The van der Waals surface area contributed by atoms with E-state index in [-0.39, 0.29) is 12.0 Å². The number of ketones is 1.